The number of halogens is 2. The lowest BCUT2D eigenvalue weighted by Gasteiger charge is -2.27. The summed E-state index contributed by atoms with van der Waals surface area (Å²) in [5.74, 6) is -0.595. The van der Waals surface area contributed by atoms with Gasteiger partial charge >= 0.3 is 17.9 Å². The molecule has 103 heavy (non-hydrogen) atoms. The molecule has 0 aromatic heterocycles. The van der Waals surface area contributed by atoms with E-state index in [1.807, 2.05) is 0 Å². The summed E-state index contributed by atoms with van der Waals surface area (Å²) in [6, 6.07) is 35.3. The van der Waals surface area contributed by atoms with Crippen LogP contribution in [0.1, 0.15) is 221 Å². The number of carboxylic acids is 1. The first-order valence-electron chi connectivity index (χ1n) is 37.8. The molecule has 2 fully saturated rings. The number of Topliss-reactive ketones (excluding diaryl/α,β-unsaturated/α-hetero) is 1. The number of carboxylic acid groups (broad SMARTS) is 1. The first kappa shape index (κ1) is 83.3. The van der Waals surface area contributed by atoms with E-state index in [9.17, 15) is 24.3 Å². The van der Waals surface area contributed by atoms with E-state index in [1.165, 1.54) is 95.8 Å². The second kappa shape index (κ2) is 37.8. The Morgan fingerprint density at radius 2 is 0.961 bits per heavy atom. The van der Waals surface area contributed by atoms with Crippen LogP contribution in [0.25, 0.3) is 0 Å². The van der Waals surface area contributed by atoms with E-state index < -0.39 is 5.97 Å². The zero-order valence-corrected chi connectivity index (χ0v) is 68.2. The lowest BCUT2D eigenvalue weighted by atomic mass is 9.81. The highest BCUT2D eigenvalue weighted by atomic mass is 127. The number of allylic oxidation sites excluding steroid dienone is 15. The summed E-state index contributed by atoms with van der Waals surface area (Å²) < 4.78 is 15.6. The maximum atomic E-state index is 12.5. The van der Waals surface area contributed by atoms with Gasteiger partial charge in [0.05, 0.1) is 12.0 Å². The van der Waals surface area contributed by atoms with Crippen LogP contribution in [0.4, 0.5) is 22.7 Å². The van der Waals surface area contributed by atoms with Gasteiger partial charge in [0.25, 0.3) is 0 Å². The molecule has 4 aromatic rings. The molecule has 1 saturated carbocycles. The molecule has 0 spiro atoms. The number of carbonyl (C=O) groups excluding carboxylic acids is 3. The van der Waals surface area contributed by atoms with Crippen molar-refractivity contribution in [3.63, 3.8) is 0 Å². The zero-order chi connectivity index (χ0) is 72.7. The van der Waals surface area contributed by atoms with Crippen LogP contribution in [0.15, 0.2) is 191 Å². The van der Waals surface area contributed by atoms with E-state index >= 15 is 0 Å². The van der Waals surface area contributed by atoms with Crippen molar-refractivity contribution < 1.29 is 96.0 Å². The van der Waals surface area contributed by atoms with E-state index in [-0.39, 0.29) is 100 Å². The molecular weight excluding hydrogens is 1510 g/mol. The molecule has 1 saturated heterocycles. The van der Waals surface area contributed by atoms with Crippen LogP contribution >= 0.6 is 0 Å². The van der Waals surface area contributed by atoms with Crippen LogP contribution < -0.4 is 62.7 Å². The van der Waals surface area contributed by atoms with Crippen LogP contribution in [0.2, 0.25) is 0 Å². The van der Waals surface area contributed by atoms with Crippen molar-refractivity contribution in [1.29, 1.82) is 0 Å². The number of aliphatic hydroxyl groups is 1. The standard InChI is InChI=1S/C44H56N2O4.C39H52N3O.C5H6O3.2HI/c1-7-29-45-37-22-11-9-20-35(37)43(3,4)39(45)27-25-32-16-13-17-33(42(32)50-31-15-19-34(47)18-14-24-41(48)49)26-28-40-44(5,6)36-21-10-12-23-38(36)46(40)30-8-2;1-8-25-41-33-19-12-10-17-31(33)38(3,4)35(41)23-21-29-15-14-16-30(37(29)40(7)27-28-43)22-24-36-39(5,6)32-18-11-13-20-34(32)42(36)26-9-2;6-4-2-1-3-5(7)8-4;;/h9-12,20-23,25-28H,7-8,13-19,24,29-31H2,1-6H3;10-13,17-24,43H,8-9,14-16,25-28H2,1-7H3;1-3H2;2*1H/q;+1;;;/p-1. The number of hydrogen-bond donors (Lipinski definition) is 2. The number of carbonyl (C=O) groups is 4. The van der Waals surface area contributed by atoms with Gasteiger partial charge in [-0.1, -0.05) is 160 Å². The zero-order valence-electron chi connectivity index (χ0n) is 63.9. The van der Waals surface area contributed by atoms with Gasteiger partial charge in [-0.25, -0.2) is 4.58 Å². The van der Waals surface area contributed by atoms with Crippen molar-refractivity contribution in [1.82, 2.24) is 0 Å². The SMILES string of the molecule is CCCN1/C(=C/C=C2\CCCC(/C=C/C3=[N+](CCC)c4ccccc4C3(C)C)=C2OCCCC(=O)CCCC(=O)O)C(C)(C)c2ccccc21.CCCN1C(=CC=C2CCC/C(=C\C=C3\N(CCC)c4ccccc4C3(C)C)C2=[N+](C)CCO)C(C)(C)c2ccccc21.O=C1CCCC(=O)O1.[I-].[I-]. The molecule has 11 rings (SSSR count). The fourth-order valence-corrected chi connectivity index (χ4v) is 16.1. The van der Waals surface area contributed by atoms with Crippen LogP contribution in [0.3, 0.4) is 0 Å². The number of ether oxygens (including phenoxy) is 2. The third-order valence-electron chi connectivity index (χ3n) is 21.2. The molecule has 0 bridgehead atoms. The lowest BCUT2D eigenvalue weighted by molar-refractivity contribution is -0.499. The summed E-state index contributed by atoms with van der Waals surface area (Å²) in [7, 11) is 2.14. The van der Waals surface area contributed by atoms with Gasteiger partial charge < -0.3 is 82.3 Å². The summed E-state index contributed by atoms with van der Waals surface area (Å²) >= 11 is 0. The first-order valence-corrected chi connectivity index (χ1v) is 37.8. The molecule has 0 atom stereocenters. The summed E-state index contributed by atoms with van der Waals surface area (Å²) in [6.45, 7) is 32.9. The molecule has 4 aromatic carbocycles. The summed E-state index contributed by atoms with van der Waals surface area (Å²) in [5.41, 5.74) is 22.2. The normalized spacial score (nSPS) is 21.0. The van der Waals surface area contributed by atoms with Crippen LogP contribution in [0, 0.1) is 0 Å². The Morgan fingerprint density at radius 1 is 0.534 bits per heavy atom. The molecule has 554 valence electrons. The molecule has 13 nitrogen and oxygen atoms in total. The Kier molecular flexibility index (Phi) is 30.6. The van der Waals surface area contributed by atoms with Gasteiger partial charge in [0.2, 0.25) is 11.4 Å². The third-order valence-corrected chi connectivity index (χ3v) is 21.2. The highest BCUT2D eigenvalue weighted by molar-refractivity contribution is 6.10. The fraction of sp³-hybridized carbons (Fsp3) is 0.477. The fourth-order valence-electron chi connectivity index (χ4n) is 16.1. The third kappa shape index (κ3) is 19.2. The Hall–Kier alpha value is -6.96. The van der Waals surface area contributed by atoms with Crippen LogP contribution in [-0.2, 0) is 50.3 Å². The van der Waals surface area contributed by atoms with E-state index in [0.717, 1.165) is 96.1 Å². The molecule has 0 unspecified atom stereocenters. The first-order chi connectivity index (χ1) is 48.4. The maximum Gasteiger partial charge on any atom is 0.313 e. The Labute approximate surface area is 650 Å². The van der Waals surface area contributed by atoms with Gasteiger partial charge in [-0.3, -0.25) is 19.2 Å². The molecule has 5 aliphatic heterocycles. The quantitative estimate of drug-likeness (QED) is 0.0228. The smallest absolute Gasteiger partial charge is 0.313 e. The summed E-state index contributed by atoms with van der Waals surface area (Å²) in [6.07, 6.45) is 32.4. The van der Waals surface area contributed by atoms with Crippen molar-refractivity contribution in [3.8, 4) is 0 Å². The Bertz CT molecular complexity index is 3920. The lowest BCUT2D eigenvalue weighted by Crippen LogP contribution is -3.00. The molecule has 7 aliphatic rings. The monoisotopic (exact) mass is 1620 g/mol. The molecule has 0 radical (unpaired) electrons. The number of ketones is 1. The number of hydrogen-bond acceptors (Lipinski definition) is 10. The van der Waals surface area contributed by atoms with E-state index in [2.05, 4.69) is 264 Å². The number of cyclic esters (lactones) is 2. The maximum absolute atomic E-state index is 12.5. The largest absolute Gasteiger partial charge is 1.00 e. The number of aliphatic carboxylic acids is 1. The highest BCUT2D eigenvalue weighted by Crippen LogP contribution is 2.51. The summed E-state index contributed by atoms with van der Waals surface area (Å²) in [5, 5.41) is 18.9. The number of likely N-dealkylation sites (N-methyl/N-ethyl adjacent to an activating group) is 1. The Balaban J connectivity index is 0.000000257. The number of aliphatic hydroxyl groups excluding tert-OH is 1. The molecule has 0 amide bonds. The summed E-state index contributed by atoms with van der Waals surface area (Å²) in [4.78, 5) is 51.3. The minimum atomic E-state index is -0.858. The number of fused-ring (bicyclic) bond motifs is 4. The van der Waals surface area contributed by atoms with Gasteiger partial charge in [-0.05, 0) is 161 Å². The van der Waals surface area contributed by atoms with Gasteiger partial charge in [0.1, 0.15) is 31.7 Å². The predicted molar refractivity (Wildman–Crippen MR) is 413 cm³/mol. The molecule has 2 N–H and O–H groups in total. The molecule has 15 heteroatoms. The van der Waals surface area contributed by atoms with Crippen molar-refractivity contribution in [2.45, 2.75) is 220 Å². The molecular formula is C88H115I2N5O8. The van der Waals surface area contributed by atoms with Gasteiger partial charge in [0.15, 0.2) is 12.3 Å². The number of para-hydroxylation sites is 4. The van der Waals surface area contributed by atoms with Crippen molar-refractivity contribution in [2.24, 2.45) is 0 Å². The second-order valence-corrected chi connectivity index (χ2v) is 30.1. The molecule has 2 aliphatic carbocycles. The van der Waals surface area contributed by atoms with Crippen LogP contribution in [0.5, 0.6) is 0 Å². The van der Waals surface area contributed by atoms with E-state index in [4.69, 9.17) is 9.84 Å². The number of esters is 2. The van der Waals surface area contributed by atoms with Crippen molar-refractivity contribution in [3.05, 3.63) is 213 Å². The van der Waals surface area contributed by atoms with Gasteiger partial charge in [0, 0.05) is 137 Å². The topological polar surface area (TPSA) is 143 Å². The second-order valence-electron chi connectivity index (χ2n) is 30.1. The average molecular weight is 1620 g/mol. The predicted octanol–water partition coefficient (Wildman–Crippen LogP) is 12.6. The minimum Gasteiger partial charge on any atom is -1.00 e. The Morgan fingerprint density at radius 3 is 1.41 bits per heavy atom. The van der Waals surface area contributed by atoms with Gasteiger partial charge in [-0.2, -0.15) is 4.58 Å². The minimum absolute atomic E-state index is 0. The highest BCUT2D eigenvalue weighted by Gasteiger charge is 2.45. The number of anilines is 3. The van der Waals surface area contributed by atoms with Crippen molar-refractivity contribution >= 4 is 57.9 Å². The average Bonchev–Trinajstić information content (AvgIpc) is 1.62. The number of rotatable bonds is 24. The van der Waals surface area contributed by atoms with Gasteiger partial charge in [-0.15, -0.1) is 0 Å². The van der Waals surface area contributed by atoms with E-state index in [1.54, 1.807) is 0 Å². The number of nitrogens with zero attached hydrogens (tertiary/aromatic N) is 5. The van der Waals surface area contributed by atoms with E-state index in [0.29, 0.717) is 58.1 Å². The number of benzene rings is 4. The van der Waals surface area contributed by atoms with Crippen LogP contribution in [-0.4, -0.2) is 107 Å². The van der Waals surface area contributed by atoms with Crippen molar-refractivity contribution in [2.75, 3.05) is 67.7 Å². The molecule has 5 heterocycles.